The van der Waals surface area contributed by atoms with E-state index in [1.54, 1.807) is 0 Å². The number of hydrogen-bond acceptors (Lipinski definition) is 0. The Morgan fingerprint density at radius 3 is 0.154 bits per heavy atom. The maximum atomic E-state index is 0. The van der Waals surface area contributed by atoms with E-state index in [4.69, 9.17) is 0 Å². The van der Waals surface area contributed by atoms with Gasteiger partial charge in [0.15, 0.2) is 0 Å². The smallest absolute Gasteiger partial charge is 0 e. The van der Waals surface area contributed by atoms with Crippen LogP contribution in [0.5, 0.6) is 0 Å². The molecule has 0 aliphatic carbocycles. The normalized spacial score (nSPS) is 0. The maximum Gasteiger partial charge on any atom is 0 e. The Morgan fingerprint density at radius 1 is 0.154 bits per heavy atom. The molecule has 26 heavy (non-hydrogen) atoms. The summed E-state index contributed by atoms with van der Waals surface area (Å²) in [5, 5.41) is 0. The molecule has 0 aromatic heterocycles. The summed E-state index contributed by atoms with van der Waals surface area (Å²) in [6, 6.07) is 0. The van der Waals surface area contributed by atoms with Crippen molar-refractivity contribution in [2.75, 3.05) is 0 Å². The molecule has 0 aromatic rings. The van der Waals surface area contributed by atoms with Gasteiger partial charge in [-0.3, -0.25) is 0 Å². The second-order valence-electron chi connectivity index (χ2n) is 0. The molecule has 0 spiro atoms. The minimum Gasteiger partial charge on any atom is -0.412 e. The van der Waals surface area contributed by atoms with Gasteiger partial charge in [0.2, 0.25) is 0 Å². The van der Waals surface area contributed by atoms with Crippen molar-refractivity contribution in [2.45, 2.75) is 0 Å². The SMILES string of the molecule is O.O.O.O.O.O.O.O.O.O.O.O.O.O.O.O.O.O.O.O.O.O.O.[Ni].[Ti].[W]. The molecule has 0 heterocycles. The maximum absolute atomic E-state index is 0. The van der Waals surface area contributed by atoms with Gasteiger partial charge in [0, 0.05) is 59.3 Å². The van der Waals surface area contributed by atoms with Crippen LogP contribution in [0.3, 0.4) is 0 Å². The third kappa shape index (κ3) is 15100. The van der Waals surface area contributed by atoms with Gasteiger partial charge in [0.25, 0.3) is 0 Å². The topological polar surface area (TPSA) is 724 Å². The summed E-state index contributed by atoms with van der Waals surface area (Å²) in [5.74, 6) is 0. The first-order valence-electron chi connectivity index (χ1n) is 0. The second kappa shape index (κ2) is 17000. The molecule has 0 fully saturated rings. The van der Waals surface area contributed by atoms with E-state index in [1.807, 2.05) is 0 Å². The Morgan fingerprint density at radius 2 is 0.154 bits per heavy atom. The van der Waals surface area contributed by atoms with E-state index in [9.17, 15) is 0 Å². The van der Waals surface area contributed by atoms with Crippen molar-refractivity contribution in [3.8, 4) is 0 Å². The molecule has 0 rings (SSSR count). The fraction of sp³-hybridized carbons (Fsp3) is 0. The van der Waals surface area contributed by atoms with Crippen molar-refractivity contribution < 1.29 is 185 Å². The largest absolute Gasteiger partial charge is 0.412 e. The fourth-order valence-electron chi connectivity index (χ4n) is 0. The van der Waals surface area contributed by atoms with E-state index in [0.29, 0.717) is 0 Å². The van der Waals surface area contributed by atoms with Gasteiger partial charge in [-0.25, -0.2) is 0 Å². The zero-order chi connectivity index (χ0) is 0. The monoisotopic (exact) mass is 704 g/mol. The molecule has 0 unspecified atom stereocenters. The van der Waals surface area contributed by atoms with Gasteiger partial charge in [-0.2, -0.15) is 0 Å². The van der Waals surface area contributed by atoms with Gasteiger partial charge in [-0.15, -0.1) is 0 Å². The van der Waals surface area contributed by atoms with Gasteiger partial charge in [-0.05, 0) is 0 Å². The van der Waals surface area contributed by atoms with Gasteiger partial charge >= 0.3 is 0 Å². The first-order chi connectivity index (χ1) is 0. The van der Waals surface area contributed by atoms with Crippen LogP contribution in [0.1, 0.15) is 0 Å². The van der Waals surface area contributed by atoms with Crippen molar-refractivity contribution >= 4 is 0 Å². The second-order valence-corrected chi connectivity index (χ2v) is 0. The molecule has 0 atom stereocenters. The average molecular weight is 705 g/mol. The predicted octanol–water partition coefficient (Wildman–Crippen LogP) is -19.0. The Balaban J connectivity index is 0. The first kappa shape index (κ1) is 19100. The molecule has 0 radical (unpaired) electrons. The van der Waals surface area contributed by atoms with Gasteiger partial charge in [0.1, 0.15) is 0 Å². The van der Waals surface area contributed by atoms with Gasteiger partial charge < -0.3 is 126 Å². The minimum absolute atomic E-state index is 0. The summed E-state index contributed by atoms with van der Waals surface area (Å²) in [6.07, 6.45) is 0. The van der Waals surface area contributed by atoms with Crippen LogP contribution >= 0.6 is 0 Å². The predicted molar refractivity (Wildman–Crippen MR) is 83.1 cm³/mol. The number of hydrogen-bond donors (Lipinski definition) is 0. The molecular formula is H46NiO23TiW. The van der Waals surface area contributed by atoms with E-state index in [-0.39, 0.29) is 185 Å². The average Bonchev–Trinajstić information content (AvgIpc) is 0. The van der Waals surface area contributed by atoms with Crippen LogP contribution in [0.15, 0.2) is 0 Å². The standard InChI is InChI=1S/Ni.23H2O.Ti.W/h;23*1H2;;. The zero-order valence-corrected chi connectivity index (χ0v) is 18.2. The van der Waals surface area contributed by atoms with Gasteiger partial charge in [-0.1, -0.05) is 0 Å². The Kier molecular flexibility index (Phi) is 12500000. The molecule has 26 heteroatoms. The molecule has 0 aromatic carbocycles. The van der Waals surface area contributed by atoms with Crippen LogP contribution in [0.25, 0.3) is 0 Å². The molecule has 204 valence electrons. The summed E-state index contributed by atoms with van der Waals surface area (Å²) < 4.78 is 0. The minimum atomic E-state index is 0. The van der Waals surface area contributed by atoms with Crippen molar-refractivity contribution in [3.05, 3.63) is 0 Å². The number of rotatable bonds is 0. The molecule has 0 bridgehead atoms. The first-order valence-corrected chi connectivity index (χ1v) is 0. The van der Waals surface area contributed by atoms with Crippen molar-refractivity contribution in [1.29, 1.82) is 0 Å². The van der Waals surface area contributed by atoms with E-state index in [0.717, 1.165) is 0 Å². The zero-order valence-electron chi connectivity index (χ0n) is 12.7. The van der Waals surface area contributed by atoms with Crippen LogP contribution < -0.4 is 0 Å². The molecule has 0 amide bonds. The van der Waals surface area contributed by atoms with E-state index in [2.05, 4.69) is 0 Å². The Labute approximate surface area is 185 Å². The molecule has 23 nitrogen and oxygen atoms in total. The summed E-state index contributed by atoms with van der Waals surface area (Å²) >= 11 is 0. The summed E-state index contributed by atoms with van der Waals surface area (Å²) in [4.78, 5) is 0. The quantitative estimate of drug-likeness (QED) is 0.212. The summed E-state index contributed by atoms with van der Waals surface area (Å²) in [5.41, 5.74) is 0. The van der Waals surface area contributed by atoms with E-state index >= 15 is 0 Å². The van der Waals surface area contributed by atoms with Crippen LogP contribution in [0.2, 0.25) is 0 Å². The summed E-state index contributed by atoms with van der Waals surface area (Å²) in [6.45, 7) is 0. The van der Waals surface area contributed by atoms with Crippen LogP contribution in [0, 0.1) is 0 Å². The van der Waals surface area contributed by atoms with E-state index in [1.165, 1.54) is 0 Å². The third-order valence-corrected chi connectivity index (χ3v) is 0. The molecule has 46 N–H and O–H groups in total. The van der Waals surface area contributed by atoms with E-state index < -0.39 is 0 Å². The Bertz CT molecular complexity index is 18.2. The van der Waals surface area contributed by atoms with Gasteiger partial charge in [0.05, 0.1) is 0 Å². The fourth-order valence-corrected chi connectivity index (χ4v) is 0. The molecular weight excluding hydrogens is 658 g/mol. The molecule has 0 saturated heterocycles. The van der Waals surface area contributed by atoms with Crippen LogP contribution in [-0.2, 0) is 59.3 Å². The molecule has 0 aliphatic rings. The molecule has 0 aliphatic heterocycles. The van der Waals surface area contributed by atoms with Crippen LogP contribution in [0.4, 0.5) is 0 Å². The molecule has 0 saturated carbocycles. The van der Waals surface area contributed by atoms with Crippen LogP contribution in [-0.4, -0.2) is 126 Å². The summed E-state index contributed by atoms with van der Waals surface area (Å²) in [7, 11) is 0. The van der Waals surface area contributed by atoms with Crippen molar-refractivity contribution in [2.24, 2.45) is 0 Å². The van der Waals surface area contributed by atoms with Crippen molar-refractivity contribution in [3.63, 3.8) is 0 Å². The third-order valence-electron chi connectivity index (χ3n) is 0. The van der Waals surface area contributed by atoms with Crippen molar-refractivity contribution in [1.82, 2.24) is 0 Å². The Hall–Kier alpha value is 0.976.